The topological polar surface area (TPSA) is 109 Å². The van der Waals surface area contributed by atoms with Gasteiger partial charge >= 0.3 is 0 Å². The van der Waals surface area contributed by atoms with E-state index in [0.29, 0.717) is 82.7 Å². The van der Waals surface area contributed by atoms with Crippen LogP contribution in [0.4, 0.5) is 20.3 Å². The molecule has 0 saturated carbocycles. The fourth-order valence-corrected chi connectivity index (χ4v) is 6.58. The number of methoxy groups -OCH3 is 1. The van der Waals surface area contributed by atoms with Gasteiger partial charge in [0, 0.05) is 91.6 Å². The van der Waals surface area contributed by atoms with Gasteiger partial charge in [-0.1, -0.05) is 35.3 Å². The fraction of sp³-hybridized carbons (Fsp3) is 0.343. The van der Waals surface area contributed by atoms with E-state index in [2.05, 4.69) is 31.2 Å². The molecule has 2 aliphatic heterocycles. The van der Waals surface area contributed by atoms with Gasteiger partial charge in [0.2, 0.25) is 5.91 Å². The van der Waals surface area contributed by atoms with Crippen LogP contribution in [0, 0.1) is 11.6 Å². The zero-order valence-electron chi connectivity index (χ0n) is 26.3. The van der Waals surface area contributed by atoms with Gasteiger partial charge in [0.15, 0.2) is 11.6 Å². The van der Waals surface area contributed by atoms with Crippen LogP contribution in [-0.2, 0) is 22.6 Å². The number of nitrogens with one attached hydrogen (secondary N) is 4. The van der Waals surface area contributed by atoms with Crippen LogP contribution < -0.4 is 26.0 Å². The molecule has 13 heteroatoms. The molecule has 4 aromatic rings. The van der Waals surface area contributed by atoms with Crippen LogP contribution in [0.2, 0.25) is 10.0 Å². The molecule has 2 fully saturated rings. The molecule has 4 heterocycles. The quantitative estimate of drug-likeness (QED) is 0.128. The van der Waals surface area contributed by atoms with Crippen molar-refractivity contribution in [3.63, 3.8) is 0 Å². The minimum absolute atomic E-state index is 0.0158. The molecule has 2 aromatic heterocycles. The number of hydrogen-bond donors (Lipinski definition) is 4. The Morgan fingerprint density at radius 3 is 2.56 bits per heavy atom. The van der Waals surface area contributed by atoms with Gasteiger partial charge < -0.3 is 30.7 Å². The lowest BCUT2D eigenvalue weighted by molar-refractivity contribution is -0.119. The van der Waals surface area contributed by atoms with Crippen LogP contribution in [0.15, 0.2) is 54.9 Å². The first-order valence-electron chi connectivity index (χ1n) is 15.8. The predicted molar refractivity (Wildman–Crippen MR) is 183 cm³/mol. The van der Waals surface area contributed by atoms with E-state index >= 15 is 8.78 Å². The Bertz CT molecular complexity index is 1790. The van der Waals surface area contributed by atoms with Gasteiger partial charge in [0.25, 0.3) is 0 Å². The maximum Gasteiger partial charge on any atom is 0.220 e. The first-order valence-corrected chi connectivity index (χ1v) is 16.6. The van der Waals surface area contributed by atoms with Gasteiger partial charge in [-0.3, -0.25) is 9.78 Å². The van der Waals surface area contributed by atoms with E-state index in [1.807, 2.05) is 0 Å². The number of ether oxygens (including phenoxy) is 2. The second kappa shape index (κ2) is 15.6. The summed E-state index contributed by atoms with van der Waals surface area (Å²) in [6.45, 7) is 2.48. The highest BCUT2D eigenvalue weighted by Crippen LogP contribution is 2.42. The van der Waals surface area contributed by atoms with Crippen LogP contribution in [0.5, 0.6) is 5.75 Å². The molecular formula is C35H36Cl2F2N6O3. The zero-order valence-corrected chi connectivity index (χ0v) is 27.9. The van der Waals surface area contributed by atoms with E-state index in [0.717, 1.165) is 19.3 Å². The number of nitrogens with zero attached hydrogens (tertiary/aromatic N) is 2. The van der Waals surface area contributed by atoms with Crippen LogP contribution in [0.25, 0.3) is 22.4 Å². The molecule has 0 radical (unpaired) electrons. The summed E-state index contributed by atoms with van der Waals surface area (Å²) in [5, 5.41) is 13.1. The third-order valence-electron chi connectivity index (χ3n) is 8.63. The summed E-state index contributed by atoms with van der Waals surface area (Å²) in [4.78, 5) is 20.2. The van der Waals surface area contributed by atoms with Crippen molar-refractivity contribution in [3.8, 4) is 28.1 Å². The molecule has 4 N–H and O–H groups in total. The number of carbonyl (C=O) groups is 1. The van der Waals surface area contributed by atoms with E-state index in [4.69, 9.17) is 32.7 Å². The van der Waals surface area contributed by atoms with E-state index in [9.17, 15) is 4.79 Å². The highest BCUT2D eigenvalue weighted by Gasteiger charge is 2.22. The Morgan fingerprint density at radius 1 is 1.00 bits per heavy atom. The van der Waals surface area contributed by atoms with Crippen LogP contribution >= 0.6 is 23.2 Å². The lowest BCUT2D eigenvalue weighted by Gasteiger charge is -2.23. The molecule has 48 heavy (non-hydrogen) atoms. The summed E-state index contributed by atoms with van der Waals surface area (Å²) < 4.78 is 42.0. The molecule has 1 amide bonds. The predicted octanol–water partition coefficient (Wildman–Crippen LogP) is 6.78. The summed E-state index contributed by atoms with van der Waals surface area (Å²) in [6.07, 6.45) is 6.13. The lowest BCUT2D eigenvalue weighted by atomic mass is 10.0. The highest BCUT2D eigenvalue weighted by atomic mass is 35.5. The minimum atomic E-state index is -0.487. The molecular weight excluding hydrogens is 661 g/mol. The summed E-state index contributed by atoms with van der Waals surface area (Å²) in [5.74, 6) is -0.550. The Kier molecular flexibility index (Phi) is 11.0. The molecule has 1 atom stereocenters. The average molecular weight is 698 g/mol. The Balaban J connectivity index is 1.21. The highest BCUT2D eigenvalue weighted by molar-refractivity contribution is 6.39. The molecule has 9 nitrogen and oxygen atoms in total. The van der Waals surface area contributed by atoms with Crippen molar-refractivity contribution in [2.24, 2.45) is 0 Å². The van der Waals surface area contributed by atoms with Crippen molar-refractivity contribution in [2.75, 3.05) is 32.2 Å². The zero-order chi connectivity index (χ0) is 33.6. The van der Waals surface area contributed by atoms with Gasteiger partial charge in [-0.05, 0) is 49.6 Å². The average Bonchev–Trinajstić information content (AvgIpc) is 3.51. The number of anilines is 2. The van der Waals surface area contributed by atoms with Crippen LogP contribution in [0.1, 0.15) is 36.8 Å². The summed E-state index contributed by atoms with van der Waals surface area (Å²) >= 11 is 13.8. The number of pyridine rings is 2. The van der Waals surface area contributed by atoms with E-state index in [1.165, 1.54) is 13.2 Å². The van der Waals surface area contributed by atoms with E-state index in [1.54, 1.807) is 48.8 Å². The largest absolute Gasteiger partial charge is 0.496 e. The number of hydrogen-bond acceptors (Lipinski definition) is 8. The Morgan fingerprint density at radius 2 is 1.79 bits per heavy atom. The molecule has 2 aliphatic rings. The standard InChI is InChI=1S/C35H36Cl2F2N6O3/c1-47-29-16-21(15-27(38)26(29)19-40-18-23-5-6-30(46)44-23)34-32(37)25(8-12-41-34)24-3-2-4-28(31(24)36)45-35-33(39)20(7-11-42-35)17-43-22-9-13-48-14-10-22/h2-4,7-8,11-12,15-16,22-23,40,43H,5-6,9-10,13-14,17-19H2,1H3,(H,42,45)(H,44,46). The smallest absolute Gasteiger partial charge is 0.220 e. The number of benzene rings is 2. The van der Waals surface area contributed by atoms with Gasteiger partial charge in [-0.15, -0.1) is 0 Å². The van der Waals surface area contributed by atoms with Crippen molar-refractivity contribution in [2.45, 2.75) is 50.9 Å². The van der Waals surface area contributed by atoms with Gasteiger partial charge in [0.1, 0.15) is 11.6 Å². The lowest BCUT2D eigenvalue weighted by Crippen LogP contribution is -2.35. The Hall–Kier alpha value is -3.87. The number of carbonyl (C=O) groups excluding carboxylic acids is 1. The van der Waals surface area contributed by atoms with Gasteiger partial charge in [-0.2, -0.15) is 0 Å². The number of amides is 1. The second-order valence-electron chi connectivity index (χ2n) is 11.8. The normalized spacial score (nSPS) is 16.6. The van der Waals surface area contributed by atoms with Crippen molar-refractivity contribution in [1.82, 2.24) is 25.9 Å². The number of aromatic nitrogens is 2. The number of rotatable bonds is 12. The van der Waals surface area contributed by atoms with Crippen LogP contribution in [-0.4, -0.2) is 54.8 Å². The van der Waals surface area contributed by atoms with E-state index in [-0.39, 0.29) is 35.4 Å². The van der Waals surface area contributed by atoms with Gasteiger partial charge in [0.05, 0.1) is 28.5 Å². The fourth-order valence-electron chi connectivity index (χ4n) is 5.98. The second-order valence-corrected chi connectivity index (χ2v) is 12.5. The SMILES string of the molecule is COc1cc(-c2nccc(-c3cccc(Nc4nccc(CNC5CCOCC5)c4F)c3Cl)c2Cl)cc(F)c1CNCC1CCC(=O)N1. The van der Waals surface area contributed by atoms with E-state index < -0.39 is 11.6 Å². The first kappa shape index (κ1) is 34.0. The summed E-state index contributed by atoms with van der Waals surface area (Å²) in [7, 11) is 1.47. The Labute approximate surface area is 287 Å². The van der Waals surface area contributed by atoms with Crippen molar-refractivity contribution in [3.05, 3.63) is 87.7 Å². The number of halogens is 4. The van der Waals surface area contributed by atoms with Crippen molar-refractivity contribution < 1.29 is 23.0 Å². The minimum Gasteiger partial charge on any atom is -0.496 e. The van der Waals surface area contributed by atoms with Crippen molar-refractivity contribution >= 4 is 40.6 Å². The summed E-state index contributed by atoms with van der Waals surface area (Å²) in [5.41, 5.74) is 3.16. The summed E-state index contributed by atoms with van der Waals surface area (Å²) in [6, 6.07) is 12.0. The maximum absolute atomic E-state index is 15.5. The molecule has 2 aromatic carbocycles. The van der Waals surface area contributed by atoms with Crippen molar-refractivity contribution in [1.29, 1.82) is 0 Å². The maximum atomic E-state index is 15.5. The molecule has 1 unspecified atom stereocenters. The third-order valence-corrected chi connectivity index (χ3v) is 9.42. The molecule has 0 spiro atoms. The molecule has 6 rings (SSSR count). The van der Waals surface area contributed by atoms with Gasteiger partial charge in [-0.25, -0.2) is 13.8 Å². The first-order chi connectivity index (χ1) is 23.3. The third kappa shape index (κ3) is 7.71. The van der Waals surface area contributed by atoms with Crippen LogP contribution in [0.3, 0.4) is 0 Å². The molecule has 252 valence electrons. The monoisotopic (exact) mass is 696 g/mol. The molecule has 0 bridgehead atoms. The molecule has 2 saturated heterocycles. The molecule has 0 aliphatic carbocycles.